The Kier molecular flexibility index (Phi) is 5.78. The normalized spacial score (nSPS) is 17.7. The summed E-state index contributed by atoms with van der Waals surface area (Å²) in [6.45, 7) is 4.85. The highest BCUT2D eigenvalue weighted by Gasteiger charge is 2.29. The number of piperidine rings is 1. The van der Waals surface area contributed by atoms with Gasteiger partial charge in [0.2, 0.25) is 0 Å². The fourth-order valence-electron chi connectivity index (χ4n) is 4.73. The van der Waals surface area contributed by atoms with Crippen LogP contribution >= 0.6 is 11.3 Å². The molecule has 1 aromatic carbocycles. The molecule has 3 aromatic rings. The number of hydrogen-bond donors (Lipinski definition) is 2. The summed E-state index contributed by atoms with van der Waals surface area (Å²) in [6.07, 6.45) is -0.918. The van der Waals surface area contributed by atoms with Gasteiger partial charge >= 0.3 is 6.18 Å². The third kappa shape index (κ3) is 4.84. The number of likely N-dealkylation sites (tertiary alicyclic amines) is 1. The topological polar surface area (TPSA) is 67.1 Å². The molecule has 0 unspecified atom stereocenters. The molecular weight excluding hydrogens is 447 g/mol. The molecule has 0 bridgehead atoms. The second kappa shape index (κ2) is 8.61. The number of hydrogen-bond acceptors (Lipinski definition) is 6. The Hall–Kier alpha value is -2.65. The molecule has 174 valence electrons. The Labute approximate surface area is 194 Å². The van der Waals surface area contributed by atoms with Crippen LogP contribution in [0, 0.1) is 0 Å². The smallest absolute Gasteiger partial charge is 0.393 e. The maximum Gasteiger partial charge on any atom is 0.393 e. The molecule has 33 heavy (non-hydrogen) atoms. The summed E-state index contributed by atoms with van der Waals surface area (Å²) < 4.78 is 38.3. The summed E-state index contributed by atoms with van der Waals surface area (Å²) in [5, 5.41) is 4.12. The van der Waals surface area contributed by atoms with Crippen LogP contribution in [0.5, 0.6) is 0 Å². The van der Waals surface area contributed by atoms with Crippen molar-refractivity contribution in [2.75, 3.05) is 18.4 Å². The van der Waals surface area contributed by atoms with Crippen LogP contribution in [0.25, 0.3) is 15.9 Å². The van der Waals surface area contributed by atoms with Gasteiger partial charge in [0.1, 0.15) is 17.0 Å². The van der Waals surface area contributed by atoms with Crippen LogP contribution in [0.15, 0.2) is 36.2 Å². The third-order valence-corrected chi connectivity index (χ3v) is 7.51. The number of aromatic nitrogens is 2. The van der Waals surface area contributed by atoms with Gasteiger partial charge in [-0.15, -0.1) is 11.3 Å². The zero-order valence-corrected chi connectivity index (χ0v) is 19.2. The molecule has 0 radical (unpaired) electrons. The number of alkyl halides is 3. The zero-order valence-electron chi connectivity index (χ0n) is 18.4. The number of nitrogens with one attached hydrogen (secondary N) is 1. The lowest BCUT2D eigenvalue weighted by Crippen LogP contribution is -2.38. The van der Waals surface area contributed by atoms with Crippen molar-refractivity contribution < 1.29 is 13.2 Å². The minimum atomic E-state index is -4.23. The number of anilines is 1. The molecule has 2 aliphatic rings. The fraction of sp³-hybridized carbons (Fsp3) is 0.417. The number of nitrogens with zero attached hydrogens (tertiary/aromatic N) is 3. The average Bonchev–Trinajstić information content (AvgIpc) is 3.29. The van der Waals surface area contributed by atoms with Crippen molar-refractivity contribution in [3.63, 3.8) is 0 Å². The first-order valence-corrected chi connectivity index (χ1v) is 11.9. The van der Waals surface area contributed by atoms with Crippen LogP contribution in [0.1, 0.15) is 41.3 Å². The molecule has 3 N–H and O–H groups in total. The number of fused-ring (bicyclic) bond motifs is 2. The van der Waals surface area contributed by atoms with E-state index >= 15 is 0 Å². The van der Waals surface area contributed by atoms with Crippen LogP contribution < -0.4 is 11.1 Å². The van der Waals surface area contributed by atoms with Gasteiger partial charge in [-0.1, -0.05) is 12.1 Å². The summed E-state index contributed by atoms with van der Waals surface area (Å²) >= 11 is 1.08. The number of thiophene rings is 1. The molecule has 2 aromatic heterocycles. The molecule has 1 aliphatic heterocycles. The van der Waals surface area contributed by atoms with E-state index in [1.807, 2.05) is 0 Å². The zero-order chi connectivity index (χ0) is 23.2. The summed E-state index contributed by atoms with van der Waals surface area (Å²) in [5.41, 5.74) is 12.2. The van der Waals surface area contributed by atoms with Crippen molar-refractivity contribution in [3.05, 3.63) is 57.7 Å². The molecule has 9 heteroatoms. The molecule has 1 fully saturated rings. The number of halogens is 3. The maximum atomic E-state index is 12.8. The van der Waals surface area contributed by atoms with Crippen molar-refractivity contribution in [1.29, 1.82) is 0 Å². The van der Waals surface area contributed by atoms with Crippen molar-refractivity contribution in [2.45, 2.75) is 51.4 Å². The first kappa shape index (κ1) is 22.2. The average molecular weight is 474 g/mol. The Morgan fingerprint density at radius 1 is 1.18 bits per heavy atom. The van der Waals surface area contributed by atoms with Gasteiger partial charge in [-0.3, -0.25) is 4.90 Å². The first-order chi connectivity index (χ1) is 15.7. The van der Waals surface area contributed by atoms with Gasteiger partial charge in [0.25, 0.3) is 0 Å². The number of allylic oxidation sites excluding steroid dienone is 1. The lowest BCUT2D eigenvalue weighted by Gasteiger charge is -2.32. The van der Waals surface area contributed by atoms with Gasteiger partial charge in [-0.25, -0.2) is 9.97 Å². The molecule has 0 amide bonds. The van der Waals surface area contributed by atoms with Gasteiger partial charge in [-0.2, -0.15) is 13.2 Å². The van der Waals surface area contributed by atoms with E-state index in [2.05, 4.69) is 45.3 Å². The van der Waals surface area contributed by atoms with E-state index in [0.717, 1.165) is 55.9 Å². The second-order valence-electron chi connectivity index (χ2n) is 9.00. The molecule has 3 heterocycles. The van der Waals surface area contributed by atoms with Crippen LogP contribution in [0.3, 0.4) is 0 Å². The number of rotatable bonds is 5. The lowest BCUT2D eigenvalue weighted by molar-refractivity contribution is -0.126. The summed E-state index contributed by atoms with van der Waals surface area (Å²) in [7, 11) is 0. The monoisotopic (exact) mass is 473 g/mol. The summed E-state index contributed by atoms with van der Waals surface area (Å²) in [5.74, 6) is 0.624. The Morgan fingerprint density at radius 3 is 2.73 bits per heavy atom. The van der Waals surface area contributed by atoms with Gasteiger partial charge < -0.3 is 11.1 Å². The fourth-order valence-corrected chi connectivity index (χ4v) is 5.76. The highest BCUT2D eigenvalue weighted by Crippen LogP contribution is 2.33. The van der Waals surface area contributed by atoms with Crippen LogP contribution in [0.4, 0.5) is 19.0 Å². The highest BCUT2D eigenvalue weighted by molar-refractivity contribution is 7.18. The highest BCUT2D eigenvalue weighted by atomic mass is 32.1. The van der Waals surface area contributed by atoms with Gasteiger partial charge in [0, 0.05) is 41.8 Å². The quantitative estimate of drug-likeness (QED) is 0.539. The molecule has 5 nitrogen and oxygen atoms in total. The Morgan fingerprint density at radius 2 is 1.97 bits per heavy atom. The number of nitrogens with two attached hydrogens (primary N) is 1. The van der Waals surface area contributed by atoms with E-state index in [0.29, 0.717) is 16.0 Å². The van der Waals surface area contributed by atoms with Crippen molar-refractivity contribution in [1.82, 2.24) is 14.9 Å². The van der Waals surface area contributed by atoms with Crippen molar-refractivity contribution in [2.24, 2.45) is 5.73 Å². The van der Waals surface area contributed by atoms with Gasteiger partial charge in [-0.05, 0) is 55.0 Å². The molecule has 0 spiro atoms. The largest absolute Gasteiger partial charge is 0.398 e. The number of benzene rings is 1. The molecule has 0 atom stereocenters. The van der Waals surface area contributed by atoms with E-state index in [1.54, 1.807) is 6.07 Å². The van der Waals surface area contributed by atoms with Gasteiger partial charge in [0.15, 0.2) is 0 Å². The Balaban J connectivity index is 1.21. The predicted octanol–water partition coefficient (Wildman–Crippen LogP) is 5.12. The van der Waals surface area contributed by atoms with Crippen molar-refractivity contribution >= 4 is 33.1 Å². The Bertz CT molecular complexity index is 1210. The van der Waals surface area contributed by atoms with Crippen LogP contribution in [-0.2, 0) is 19.4 Å². The molecule has 1 aliphatic carbocycles. The van der Waals surface area contributed by atoms with Crippen molar-refractivity contribution in [3.8, 4) is 0 Å². The predicted molar refractivity (Wildman–Crippen MR) is 126 cm³/mol. The van der Waals surface area contributed by atoms with E-state index in [-0.39, 0.29) is 10.9 Å². The van der Waals surface area contributed by atoms with Crippen LogP contribution in [-0.4, -0.2) is 40.2 Å². The van der Waals surface area contributed by atoms with E-state index in [4.69, 9.17) is 5.73 Å². The molecule has 0 saturated carbocycles. The molecule has 1 saturated heterocycles. The lowest BCUT2D eigenvalue weighted by atomic mass is 10.0. The maximum absolute atomic E-state index is 12.8. The van der Waals surface area contributed by atoms with E-state index in [9.17, 15) is 13.2 Å². The summed E-state index contributed by atoms with van der Waals surface area (Å²) in [6, 6.07) is 8.41. The van der Waals surface area contributed by atoms with Gasteiger partial charge in [0.05, 0.1) is 11.8 Å². The second-order valence-corrected chi connectivity index (χ2v) is 10.1. The van der Waals surface area contributed by atoms with E-state index in [1.165, 1.54) is 28.6 Å². The SMILES string of the molecule is CC1=C(N)c2cc(CN3CCC(Nc4ncnc5sc(CC(F)(F)F)cc45)CC3)ccc2C1. The summed E-state index contributed by atoms with van der Waals surface area (Å²) in [4.78, 5) is 11.8. The van der Waals surface area contributed by atoms with E-state index < -0.39 is 12.6 Å². The van der Waals surface area contributed by atoms with Crippen LogP contribution in [0.2, 0.25) is 0 Å². The third-order valence-electron chi connectivity index (χ3n) is 6.47. The molecular formula is C24H26F3N5S. The minimum absolute atomic E-state index is 0.228. The first-order valence-electron chi connectivity index (χ1n) is 11.1. The standard InChI is InChI=1S/C24H26F3N5S/c1-14-8-16-3-2-15(9-19(16)21(14)28)12-32-6-4-17(5-7-32)31-22-20-10-18(11-24(25,26)27)33-23(20)30-13-29-22/h2-3,9-10,13,17H,4-8,11-12,28H2,1H3,(H,29,30,31). The minimum Gasteiger partial charge on any atom is -0.398 e. The molecule has 5 rings (SSSR count).